The van der Waals surface area contributed by atoms with Gasteiger partial charge in [-0.3, -0.25) is 9.69 Å². The van der Waals surface area contributed by atoms with Gasteiger partial charge in [-0.15, -0.1) is 0 Å². The van der Waals surface area contributed by atoms with E-state index in [1.54, 1.807) is 0 Å². The number of carbonyl (C=O) groups is 1. The van der Waals surface area contributed by atoms with Gasteiger partial charge in [0.15, 0.2) is 0 Å². The number of hydrogen-bond acceptors (Lipinski definition) is 4. The number of amides is 1. The second kappa shape index (κ2) is 9.77. The van der Waals surface area contributed by atoms with Crippen LogP contribution in [0.5, 0.6) is 0 Å². The first-order valence-corrected chi connectivity index (χ1v) is 8.82. The molecule has 134 valence electrons. The minimum absolute atomic E-state index is 0.0456. The number of nitrogens with zero attached hydrogens (tertiary/aromatic N) is 1. The van der Waals surface area contributed by atoms with E-state index >= 15 is 0 Å². The molecule has 0 saturated carbocycles. The van der Waals surface area contributed by atoms with E-state index in [0.717, 1.165) is 18.7 Å². The Kier molecular flexibility index (Phi) is 7.69. The van der Waals surface area contributed by atoms with Crippen LogP contribution in [0.25, 0.3) is 0 Å². The van der Waals surface area contributed by atoms with Gasteiger partial charge in [0, 0.05) is 32.1 Å². The molecule has 0 unspecified atom stereocenters. The van der Waals surface area contributed by atoms with Gasteiger partial charge in [-0.1, -0.05) is 30.3 Å². The molecular weight excluding hydrogens is 304 g/mol. The summed E-state index contributed by atoms with van der Waals surface area (Å²) in [6.45, 7) is 9.84. The maximum atomic E-state index is 11.9. The van der Waals surface area contributed by atoms with E-state index in [1.165, 1.54) is 0 Å². The van der Waals surface area contributed by atoms with E-state index in [0.29, 0.717) is 32.2 Å². The van der Waals surface area contributed by atoms with Crippen molar-refractivity contribution in [2.75, 3.05) is 26.2 Å². The number of hydrogen-bond donors (Lipinski definition) is 1. The molecular formula is C19H30N2O3. The Morgan fingerprint density at radius 2 is 1.96 bits per heavy atom. The number of morpholine rings is 1. The molecule has 1 aromatic carbocycles. The van der Waals surface area contributed by atoms with Crippen LogP contribution in [0.3, 0.4) is 0 Å². The highest BCUT2D eigenvalue weighted by Crippen LogP contribution is 2.13. The summed E-state index contributed by atoms with van der Waals surface area (Å²) in [5.74, 6) is 0.0456. The lowest BCUT2D eigenvalue weighted by molar-refractivity contribution is -0.122. The van der Waals surface area contributed by atoms with Gasteiger partial charge >= 0.3 is 0 Å². The first kappa shape index (κ1) is 18.9. The minimum Gasteiger partial charge on any atom is -0.376 e. The summed E-state index contributed by atoms with van der Waals surface area (Å²) >= 11 is 0. The lowest BCUT2D eigenvalue weighted by Gasteiger charge is -2.39. The Bertz CT molecular complexity index is 485. The Balaban J connectivity index is 1.58. The molecule has 2 rings (SSSR count). The highest BCUT2D eigenvalue weighted by molar-refractivity contribution is 5.75. The molecule has 3 atom stereocenters. The Morgan fingerprint density at radius 1 is 1.29 bits per heavy atom. The van der Waals surface area contributed by atoms with Gasteiger partial charge < -0.3 is 14.8 Å². The van der Waals surface area contributed by atoms with Crippen LogP contribution < -0.4 is 5.32 Å². The third kappa shape index (κ3) is 6.59. The fraction of sp³-hybridized carbons (Fsp3) is 0.632. The Labute approximate surface area is 145 Å². The van der Waals surface area contributed by atoms with Crippen molar-refractivity contribution in [2.45, 2.75) is 52.0 Å². The number of ether oxygens (including phenoxy) is 2. The number of benzene rings is 1. The molecule has 0 spiro atoms. The molecule has 1 amide bonds. The molecule has 0 aromatic heterocycles. The van der Waals surface area contributed by atoms with Crippen molar-refractivity contribution >= 4 is 5.91 Å². The summed E-state index contributed by atoms with van der Waals surface area (Å²) in [5.41, 5.74) is 1.13. The molecule has 1 heterocycles. The van der Waals surface area contributed by atoms with Gasteiger partial charge in [-0.25, -0.2) is 0 Å². The number of nitrogens with one attached hydrogen (secondary N) is 1. The van der Waals surface area contributed by atoms with Gasteiger partial charge in [0.1, 0.15) is 0 Å². The predicted molar refractivity (Wildman–Crippen MR) is 94.8 cm³/mol. The number of carbonyl (C=O) groups excluding carboxylic acids is 1. The molecule has 5 nitrogen and oxygen atoms in total. The summed E-state index contributed by atoms with van der Waals surface area (Å²) in [6.07, 6.45) is 0.895. The molecule has 1 N–H and O–H groups in total. The van der Waals surface area contributed by atoms with E-state index in [1.807, 2.05) is 30.3 Å². The predicted octanol–water partition coefficient (Wildman–Crippen LogP) is 2.21. The first-order valence-electron chi connectivity index (χ1n) is 8.82. The molecule has 0 bridgehead atoms. The second-order valence-corrected chi connectivity index (χ2v) is 6.65. The largest absolute Gasteiger partial charge is 0.376 e. The smallest absolute Gasteiger partial charge is 0.222 e. The van der Waals surface area contributed by atoms with E-state index in [2.05, 4.69) is 31.0 Å². The summed E-state index contributed by atoms with van der Waals surface area (Å²) in [5, 5.41) is 3.01. The third-order valence-electron chi connectivity index (χ3n) is 4.25. The maximum absolute atomic E-state index is 11.9. The van der Waals surface area contributed by atoms with Crippen molar-refractivity contribution in [2.24, 2.45) is 0 Å². The SMILES string of the molecule is C[C@@H]1CN([C@@H](C)CNC(=O)CCOCc2ccccc2)C[C@@H](C)O1. The molecule has 1 aromatic rings. The van der Waals surface area contributed by atoms with Gasteiger partial charge in [-0.05, 0) is 26.3 Å². The molecule has 0 radical (unpaired) electrons. The zero-order valence-corrected chi connectivity index (χ0v) is 15.0. The van der Waals surface area contributed by atoms with Crippen molar-refractivity contribution in [3.05, 3.63) is 35.9 Å². The van der Waals surface area contributed by atoms with E-state index in [9.17, 15) is 4.79 Å². The lowest BCUT2D eigenvalue weighted by Crippen LogP contribution is -2.52. The maximum Gasteiger partial charge on any atom is 0.222 e. The van der Waals surface area contributed by atoms with Crippen LogP contribution in [0.2, 0.25) is 0 Å². The molecule has 1 aliphatic heterocycles. The van der Waals surface area contributed by atoms with E-state index in [4.69, 9.17) is 9.47 Å². The molecule has 24 heavy (non-hydrogen) atoms. The van der Waals surface area contributed by atoms with Crippen molar-refractivity contribution < 1.29 is 14.3 Å². The lowest BCUT2D eigenvalue weighted by atomic mass is 10.1. The van der Waals surface area contributed by atoms with Gasteiger partial charge in [0.2, 0.25) is 5.91 Å². The van der Waals surface area contributed by atoms with Gasteiger partial charge in [0.05, 0.1) is 25.4 Å². The monoisotopic (exact) mass is 334 g/mol. The standard InChI is InChI=1S/C19H30N2O3/c1-15(21-12-16(2)24-17(3)13-21)11-20-19(22)9-10-23-14-18-7-5-4-6-8-18/h4-8,15-17H,9-14H2,1-3H3,(H,20,22)/t15-,16+,17+/m0/s1. The second-order valence-electron chi connectivity index (χ2n) is 6.65. The Hall–Kier alpha value is -1.43. The highest BCUT2D eigenvalue weighted by atomic mass is 16.5. The van der Waals surface area contributed by atoms with Crippen LogP contribution in [0.1, 0.15) is 32.8 Å². The molecule has 5 heteroatoms. The summed E-state index contributed by atoms with van der Waals surface area (Å²) in [7, 11) is 0. The molecule has 0 aliphatic carbocycles. The fourth-order valence-electron chi connectivity index (χ4n) is 2.99. The van der Waals surface area contributed by atoms with Crippen molar-refractivity contribution in [1.82, 2.24) is 10.2 Å². The van der Waals surface area contributed by atoms with E-state index in [-0.39, 0.29) is 18.1 Å². The topological polar surface area (TPSA) is 50.8 Å². The van der Waals surface area contributed by atoms with Crippen molar-refractivity contribution in [3.8, 4) is 0 Å². The van der Waals surface area contributed by atoms with Crippen LogP contribution in [-0.4, -0.2) is 55.3 Å². The van der Waals surface area contributed by atoms with E-state index < -0.39 is 0 Å². The average molecular weight is 334 g/mol. The van der Waals surface area contributed by atoms with Crippen LogP contribution in [-0.2, 0) is 20.9 Å². The summed E-state index contributed by atoms with van der Waals surface area (Å²) < 4.78 is 11.3. The quantitative estimate of drug-likeness (QED) is 0.741. The van der Waals surface area contributed by atoms with Gasteiger partial charge in [-0.2, -0.15) is 0 Å². The minimum atomic E-state index is 0.0456. The Morgan fingerprint density at radius 3 is 2.62 bits per heavy atom. The normalized spacial score (nSPS) is 23.0. The van der Waals surface area contributed by atoms with Crippen LogP contribution in [0.15, 0.2) is 30.3 Å². The molecule has 1 saturated heterocycles. The van der Waals surface area contributed by atoms with Crippen molar-refractivity contribution in [1.29, 1.82) is 0 Å². The number of rotatable bonds is 8. The fourth-order valence-corrected chi connectivity index (χ4v) is 2.99. The average Bonchev–Trinajstić information content (AvgIpc) is 2.56. The first-order chi connectivity index (χ1) is 11.5. The summed E-state index contributed by atoms with van der Waals surface area (Å²) in [4.78, 5) is 14.3. The molecule has 1 aliphatic rings. The van der Waals surface area contributed by atoms with Crippen LogP contribution >= 0.6 is 0 Å². The van der Waals surface area contributed by atoms with Crippen LogP contribution in [0.4, 0.5) is 0 Å². The van der Waals surface area contributed by atoms with Crippen molar-refractivity contribution in [3.63, 3.8) is 0 Å². The van der Waals surface area contributed by atoms with Gasteiger partial charge in [0.25, 0.3) is 0 Å². The highest BCUT2D eigenvalue weighted by Gasteiger charge is 2.25. The summed E-state index contributed by atoms with van der Waals surface area (Å²) in [6, 6.07) is 10.3. The molecule has 1 fully saturated rings. The zero-order chi connectivity index (χ0) is 17.4. The van der Waals surface area contributed by atoms with Crippen LogP contribution in [0, 0.1) is 0 Å². The zero-order valence-electron chi connectivity index (χ0n) is 15.0. The third-order valence-corrected chi connectivity index (χ3v) is 4.25.